The molecular formula is C12H20N4O. The third-order valence-electron chi connectivity index (χ3n) is 3.10. The Morgan fingerprint density at radius 1 is 1.47 bits per heavy atom. The summed E-state index contributed by atoms with van der Waals surface area (Å²) in [4.78, 5) is 14.1. The van der Waals surface area contributed by atoms with Crippen molar-refractivity contribution in [2.45, 2.75) is 26.2 Å². The van der Waals surface area contributed by atoms with E-state index < -0.39 is 0 Å². The van der Waals surface area contributed by atoms with Gasteiger partial charge in [-0.05, 0) is 38.9 Å². The van der Waals surface area contributed by atoms with Crippen LogP contribution in [-0.4, -0.2) is 47.2 Å². The van der Waals surface area contributed by atoms with E-state index in [1.807, 2.05) is 6.92 Å². The van der Waals surface area contributed by atoms with Crippen LogP contribution in [0.3, 0.4) is 0 Å². The summed E-state index contributed by atoms with van der Waals surface area (Å²) in [5.74, 6) is -0.0913. The third kappa shape index (κ3) is 3.56. The highest BCUT2D eigenvalue weighted by atomic mass is 16.1. The molecule has 17 heavy (non-hydrogen) atoms. The van der Waals surface area contributed by atoms with E-state index in [0.717, 1.165) is 25.3 Å². The Morgan fingerprint density at radius 3 is 2.88 bits per heavy atom. The minimum Gasteiger partial charge on any atom is -0.349 e. The van der Waals surface area contributed by atoms with Gasteiger partial charge in [0.1, 0.15) is 5.69 Å². The van der Waals surface area contributed by atoms with Gasteiger partial charge in [0.05, 0.1) is 0 Å². The van der Waals surface area contributed by atoms with Crippen LogP contribution < -0.4 is 5.32 Å². The van der Waals surface area contributed by atoms with Crippen LogP contribution in [0.2, 0.25) is 0 Å². The minimum atomic E-state index is -0.0913. The van der Waals surface area contributed by atoms with Crippen LogP contribution >= 0.6 is 0 Å². The molecule has 1 aliphatic rings. The number of piperidine rings is 1. The summed E-state index contributed by atoms with van der Waals surface area (Å²) in [6.07, 6.45) is 3.91. The topological polar surface area (TPSA) is 61.0 Å². The van der Waals surface area contributed by atoms with Crippen LogP contribution in [0.1, 0.15) is 35.4 Å². The summed E-state index contributed by atoms with van der Waals surface area (Å²) in [7, 11) is 0. The Morgan fingerprint density at radius 2 is 2.24 bits per heavy atom. The van der Waals surface area contributed by atoms with Gasteiger partial charge in [0.25, 0.3) is 5.91 Å². The fourth-order valence-corrected chi connectivity index (χ4v) is 2.14. The Kier molecular flexibility index (Phi) is 4.14. The fraction of sp³-hybridized carbons (Fsp3) is 0.667. The number of hydrogen-bond donors (Lipinski definition) is 2. The van der Waals surface area contributed by atoms with Gasteiger partial charge in [0, 0.05) is 18.8 Å². The van der Waals surface area contributed by atoms with Gasteiger partial charge in [-0.25, -0.2) is 0 Å². The largest absolute Gasteiger partial charge is 0.349 e. The maximum absolute atomic E-state index is 11.7. The van der Waals surface area contributed by atoms with E-state index in [4.69, 9.17) is 0 Å². The van der Waals surface area contributed by atoms with E-state index in [1.54, 1.807) is 6.07 Å². The van der Waals surface area contributed by atoms with Crippen LogP contribution in [0.4, 0.5) is 0 Å². The normalized spacial score (nSPS) is 17.0. The van der Waals surface area contributed by atoms with Crippen molar-refractivity contribution in [1.29, 1.82) is 0 Å². The highest BCUT2D eigenvalue weighted by molar-refractivity contribution is 5.92. The summed E-state index contributed by atoms with van der Waals surface area (Å²) in [5.41, 5.74) is 1.38. The molecule has 5 heteroatoms. The Balaban J connectivity index is 1.69. The number of aromatic nitrogens is 2. The molecule has 0 aliphatic carbocycles. The number of likely N-dealkylation sites (tertiary alicyclic amines) is 1. The number of hydrogen-bond acceptors (Lipinski definition) is 3. The average Bonchev–Trinajstić information content (AvgIpc) is 2.77. The highest BCUT2D eigenvalue weighted by Gasteiger charge is 2.11. The molecule has 0 aromatic carbocycles. The number of aromatic amines is 1. The maximum atomic E-state index is 11.7. The molecule has 0 bridgehead atoms. The Hall–Kier alpha value is -1.36. The molecule has 2 N–H and O–H groups in total. The molecule has 0 radical (unpaired) electrons. The Labute approximate surface area is 102 Å². The summed E-state index contributed by atoms with van der Waals surface area (Å²) in [6.45, 7) is 5.85. The van der Waals surface area contributed by atoms with Crippen LogP contribution in [0.15, 0.2) is 6.07 Å². The zero-order valence-electron chi connectivity index (χ0n) is 10.3. The second-order valence-electron chi connectivity index (χ2n) is 4.59. The minimum absolute atomic E-state index is 0.0913. The molecule has 1 aliphatic heterocycles. The molecule has 1 amide bonds. The van der Waals surface area contributed by atoms with Gasteiger partial charge in [-0.1, -0.05) is 6.42 Å². The maximum Gasteiger partial charge on any atom is 0.271 e. The van der Waals surface area contributed by atoms with Gasteiger partial charge in [-0.15, -0.1) is 0 Å². The quantitative estimate of drug-likeness (QED) is 0.817. The average molecular weight is 236 g/mol. The van der Waals surface area contributed by atoms with E-state index >= 15 is 0 Å². The van der Waals surface area contributed by atoms with Crippen LogP contribution in [0, 0.1) is 6.92 Å². The lowest BCUT2D eigenvalue weighted by Gasteiger charge is -2.26. The number of rotatable bonds is 4. The summed E-state index contributed by atoms with van der Waals surface area (Å²) < 4.78 is 0. The summed E-state index contributed by atoms with van der Waals surface area (Å²) in [5, 5.41) is 9.60. The number of amides is 1. The molecule has 0 unspecified atom stereocenters. The van der Waals surface area contributed by atoms with E-state index in [0.29, 0.717) is 12.2 Å². The molecule has 5 nitrogen and oxygen atoms in total. The van der Waals surface area contributed by atoms with Crippen molar-refractivity contribution in [2.24, 2.45) is 0 Å². The predicted octanol–water partition coefficient (Wildman–Crippen LogP) is 0.934. The van der Waals surface area contributed by atoms with Gasteiger partial charge in [-0.2, -0.15) is 5.10 Å². The van der Waals surface area contributed by atoms with Crippen LogP contribution in [0.25, 0.3) is 0 Å². The second-order valence-corrected chi connectivity index (χ2v) is 4.59. The molecule has 1 fully saturated rings. The van der Waals surface area contributed by atoms with Gasteiger partial charge >= 0.3 is 0 Å². The standard InChI is InChI=1S/C12H20N4O/c1-10-9-11(15-14-10)12(17)13-5-8-16-6-3-2-4-7-16/h9H,2-8H2,1H3,(H,13,17)(H,14,15). The molecule has 0 spiro atoms. The van der Waals surface area contributed by atoms with Crippen LogP contribution in [-0.2, 0) is 0 Å². The first-order valence-electron chi connectivity index (χ1n) is 6.28. The molecule has 0 saturated carbocycles. The molecule has 2 heterocycles. The van der Waals surface area contributed by atoms with Crippen molar-refractivity contribution < 1.29 is 4.79 Å². The van der Waals surface area contributed by atoms with Crippen molar-refractivity contribution in [3.8, 4) is 0 Å². The van der Waals surface area contributed by atoms with Crippen molar-refractivity contribution >= 4 is 5.91 Å². The number of nitrogens with one attached hydrogen (secondary N) is 2. The van der Waals surface area contributed by atoms with Gasteiger partial charge < -0.3 is 10.2 Å². The van der Waals surface area contributed by atoms with E-state index in [1.165, 1.54) is 19.3 Å². The number of aryl methyl sites for hydroxylation is 1. The lowest BCUT2D eigenvalue weighted by molar-refractivity contribution is 0.0941. The van der Waals surface area contributed by atoms with Crippen molar-refractivity contribution in [3.05, 3.63) is 17.5 Å². The molecule has 1 aromatic heterocycles. The van der Waals surface area contributed by atoms with Gasteiger partial charge in [-0.3, -0.25) is 9.89 Å². The molecule has 1 saturated heterocycles. The number of carbonyl (C=O) groups excluding carboxylic acids is 1. The molecule has 0 atom stereocenters. The molecule has 2 rings (SSSR count). The summed E-state index contributed by atoms with van der Waals surface area (Å²) in [6, 6.07) is 1.76. The number of nitrogens with zero attached hydrogens (tertiary/aromatic N) is 2. The molecule has 1 aromatic rings. The lowest BCUT2D eigenvalue weighted by atomic mass is 10.1. The van der Waals surface area contributed by atoms with Crippen molar-refractivity contribution in [2.75, 3.05) is 26.2 Å². The zero-order valence-corrected chi connectivity index (χ0v) is 10.3. The monoisotopic (exact) mass is 236 g/mol. The smallest absolute Gasteiger partial charge is 0.271 e. The summed E-state index contributed by atoms with van der Waals surface area (Å²) >= 11 is 0. The van der Waals surface area contributed by atoms with E-state index in [2.05, 4.69) is 20.4 Å². The SMILES string of the molecule is Cc1cc(C(=O)NCCN2CCCCC2)n[nH]1. The van der Waals surface area contributed by atoms with Crippen LogP contribution in [0.5, 0.6) is 0 Å². The third-order valence-corrected chi connectivity index (χ3v) is 3.10. The first-order valence-corrected chi connectivity index (χ1v) is 6.28. The first-order chi connectivity index (χ1) is 8.25. The number of H-pyrrole nitrogens is 1. The Bertz CT molecular complexity index is 368. The molecular weight excluding hydrogens is 216 g/mol. The van der Waals surface area contributed by atoms with E-state index in [-0.39, 0.29) is 5.91 Å². The lowest BCUT2D eigenvalue weighted by Crippen LogP contribution is -2.37. The van der Waals surface area contributed by atoms with Crippen molar-refractivity contribution in [3.63, 3.8) is 0 Å². The second kappa shape index (κ2) is 5.82. The van der Waals surface area contributed by atoms with E-state index in [9.17, 15) is 4.79 Å². The fourth-order valence-electron chi connectivity index (χ4n) is 2.14. The number of carbonyl (C=O) groups is 1. The van der Waals surface area contributed by atoms with Gasteiger partial charge in [0.15, 0.2) is 0 Å². The zero-order chi connectivity index (χ0) is 12.1. The first kappa shape index (κ1) is 12.1. The van der Waals surface area contributed by atoms with Gasteiger partial charge in [0.2, 0.25) is 0 Å². The highest BCUT2D eigenvalue weighted by Crippen LogP contribution is 2.07. The molecule has 94 valence electrons. The predicted molar refractivity (Wildman–Crippen MR) is 65.9 cm³/mol. The van der Waals surface area contributed by atoms with Crippen molar-refractivity contribution in [1.82, 2.24) is 20.4 Å².